The van der Waals surface area contributed by atoms with Crippen molar-refractivity contribution < 1.29 is 4.39 Å². The minimum atomic E-state index is -0.243. The number of halogens is 1. The molecule has 0 N–H and O–H groups in total. The molecule has 0 spiro atoms. The van der Waals surface area contributed by atoms with Gasteiger partial charge in [0.15, 0.2) is 5.65 Å². The van der Waals surface area contributed by atoms with Crippen molar-refractivity contribution in [3.63, 3.8) is 0 Å². The predicted molar refractivity (Wildman–Crippen MR) is 69.7 cm³/mol. The fourth-order valence-corrected chi connectivity index (χ4v) is 1.60. The summed E-state index contributed by atoms with van der Waals surface area (Å²) < 4.78 is 14.7. The van der Waals surface area contributed by atoms with Crippen LogP contribution in [0.5, 0.6) is 0 Å². The SMILES string of the molecule is CC.Fc1ccc(-c2cn3ccnc3cn2)cc1. The Morgan fingerprint density at radius 2 is 1.78 bits per heavy atom. The Bertz CT molecular complexity index is 629. The van der Waals surface area contributed by atoms with Gasteiger partial charge in [-0.15, -0.1) is 0 Å². The van der Waals surface area contributed by atoms with E-state index in [1.807, 2.05) is 30.6 Å². The van der Waals surface area contributed by atoms with Gasteiger partial charge in [0.05, 0.1) is 11.9 Å². The summed E-state index contributed by atoms with van der Waals surface area (Å²) in [6.07, 6.45) is 7.13. The average Bonchev–Trinajstić information content (AvgIpc) is 2.89. The molecule has 0 amide bonds. The predicted octanol–water partition coefficient (Wildman–Crippen LogP) is 3.56. The Labute approximate surface area is 105 Å². The summed E-state index contributed by atoms with van der Waals surface area (Å²) in [6.45, 7) is 4.00. The molecule has 0 unspecified atom stereocenters. The number of imidazole rings is 1. The molecule has 3 rings (SSSR count). The Kier molecular flexibility index (Phi) is 3.67. The fraction of sp³-hybridized carbons (Fsp3) is 0.143. The molecular formula is C14H14FN3. The van der Waals surface area contributed by atoms with Crippen molar-refractivity contribution in [3.05, 3.63) is 54.9 Å². The molecule has 2 aromatic heterocycles. The first-order valence-electron chi connectivity index (χ1n) is 5.87. The summed E-state index contributed by atoms with van der Waals surface area (Å²) in [4.78, 5) is 8.38. The lowest BCUT2D eigenvalue weighted by molar-refractivity contribution is 0.628. The minimum absolute atomic E-state index is 0.243. The van der Waals surface area contributed by atoms with Crippen LogP contribution in [0.3, 0.4) is 0 Å². The molecule has 0 bridgehead atoms. The van der Waals surface area contributed by atoms with Gasteiger partial charge in [-0.3, -0.25) is 4.98 Å². The van der Waals surface area contributed by atoms with E-state index in [9.17, 15) is 4.39 Å². The van der Waals surface area contributed by atoms with Gasteiger partial charge >= 0.3 is 0 Å². The van der Waals surface area contributed by atoms with Crippen molar-refractivity contribution in [2.45, 2.75) is 13.8 Å². The number of hydrogen-bond donors (Lipinski definition) is 0. The molecule has 1 aromatic carbocycles. The van der Waals surface area contributed by atoms with E-state index >= 15 is 0 Å². The standard InChI is InChI=1S/C12H8FN3.C2H6/c13-10-3-1-9(2-4-10)11-8-16-6-5-14-12(16)7-15-11;1-2/h1-8H;1-2H3. The number of nitrogens with zero attached hydrogens (tertiary/aromatic N) is 3. The van der Waals surface area contributed by atoms with Crippen molar-refractivity contribution in [3.8, 4) is 11.3 Å². The van der Waals surface area contributed by atoms with Crippen molar-refractivity contribution in [1.29, 1.82) is 0 Å². The van der Waals surface area contributed by atoms with E-state index < -0.39 is 0 Å². The van der Waals surface area contributed by atoms with Crippen molar-refractivity contribution >= 4 is 5.65 Å². The Morgan fingerprint density at radius 3 is 2.50 bits per heavy atom. The van der Waals surface area contributed by atoms with Crippen LogP contribution in [-0.2, 0) is 0 Å². The highest BCUT2D eigenvalue weighted by Gasteiger charge is 2.01. The molecule has 3 nitrogen and oxygen atoms in total. The normalized spacial score (nSPS) is 9.94. The summed E-state index contributed by atoms with van der Waals surface area (Å²) in [5, 5.41) is 0. The highest BCUT2D eigenvalue weighted by atomic mass is 19.1. The van der Waals surface area contributed by atoms with Gasteiger partial charge in [0, 0.05) is 24.2 Å². The fourth-order valence-electron chi connectivity index (χ4n) is 1.60. The number of fused-ring (bicyclic) bond motifs is 1. The van der Waals surface area contributed by atoms with Gasteiger partial charge < -0.3 is 4.40 Å². The Balaban J connectivity index is 0.000000574. The molecule has 0 saturated carbocycles. The zero-order valence-corrected chi connectivity index (χ0v) is 10.3. The van der Waals surface area contributed by atoms with Crippen LogP contribution in [0.15, 0.2) is 49.1 Å². The van der Waals surface area contributed by atoms with Crippen LogP contribution >= 0.6 is 0 Å². The van der Waals surface area contributed by atoms with E-state index in [0.29, 0.717) is 0 Å². The Hall–Kier alpha value is -2.23. The summed E-state index contributed by atoms with van der Waals surface area (Å²) in [5.41, 5.74) is 2.48. The zero-order chi connectivity index (χ0) is 13.0. The van der Waals surface area contributed by atoms with Crippen LogP contribution < -0.4 is 0 Å². The molecule has 92 valence electrons. The van der Waals surface area contributed by atoms with Gasteiger partial charge in [0.1, 0.15) is 5.82 Å². The summed E-state index contributed by atoms with van der Waals surface area (Å²) >= 11 is 0. The molecule has 0 aliphatic heterocycles. The van der Waals surface area contributed by atoms with Crippen molar-refractivity contribution in [2.24, 2.45) is 0 Å². The first-order valence-corrected chi connectivity index (χ1v) is 5.87. The highest BCUT2D eigenvalue weighted by molar-refractivity contribution is 5.59. The van der Waals surface area contributed by atoms with Crippen LogP contribution in [0.1, 0.15) is 13.8 Å². The van der Waals surface area contributed by atoms with Gasteiger partial charge in [-0.25, -0.2) is 9.37 Å². The van der Waals surface area contributed by atoms with E-state index in [2.05, 4.69) is 9.97 Å². The molecular weight excluding hydrogens is 229 g/mol. The molecule has 0 saturated heterocycles. The largest absolute Gasteiger partial charge is 0.304 e. The molecule has 0 aliphatic rings. The number of rotatable bonds is 1. The lowest BCUT2D eigenvalue weighted by Gasteiger charge is -2.01. The maximum atomic E-state index is 12.8. The molecule has 3 aromatic rings. The maximum absolute atomic E-state index is 12.8. The number of aromatic nitrogens is 3. The van der Waals surface area contributed by atoms with Crippen molar-refractivity contribution in [1.82, 2.24) is 14.4 Å². The van der Waals surface area contributed by atoms with Crippen LogP contribution in [0.25, 0.3) is 16.9 Å². The first-order chi connectivity index (χ1) is 8.83. The van der Waals surface area contributed by atoms with Gasteiger partial charge in [0.2, 0.25) is 0 Å². The second-order valence-electron chi connectivity index (χ2n) is 3.47. The summed E-state index contributed by atoms with van der Waals surface area (Å²) in [5.74, 6) is -0.243. The second kappa shape index (κ2) is 5.40. The average molecular weight is 243 g/mol. The van der Waals surface area contributed by atoms with Gasteiger partial charge in [-0.2, -0.15) is 0 Å². The quantitative estimate of drug-likeness (QED) is 0.654. The molecule has 0 atom stereocenters. The molecule has 0 aliphatic carbocycles. The highest BCUT2D eigenvalue weighted by Crippen LogP contribution is 2.17. The van der Waals surface area contributed by atoms with E-state index in [1.165, 1.54) is 12.1 Å². The Morgan fingerprint density at radius 1 is 1.06 bits per heavy atom. The van der Waals surface area contributed by atoms with Crippen LogP contribution in [0, 0.1) is 5.82 Å². The molecule has 0 radical (unpaired) electrons. The molecule has 0 fully saturated rings. The summed E-state index contributed by atoms with van der Waals surface area (Å²) in [7, 11) is 0. The lowest BCUT2D eigenvalue weighted by Crippen LogP contribution is -1.89. The monoisotopic (exact) mass is 243 g/mol. The third kappa shape index (κ3) is 2.37. The lowest BCUT2D eigenvalue weighted by atomic mass is 10.1. The van der Waals surface area contributed by atoms with Gasteiger partial charge in [0.25, 0.3) is 0 Å². The first kappa shape index (κ1) is 12.2. The number of hydrogen-bond acceptors (Lipinski definition) is 2. The third-order valence-corrected chi connectivity index (χ3v) is 2.42. The maximum Gasteiger partial charge on any atom is 0.155 e. The topological polar surface area (TPSA) is 30.2 Å². The minimum Gasteiger partial charge on any atom is -0.304 e. The second-order valence-corrected chi connectivity index (χ2v) is 3.47. The molecule has 4 heteroatoms. The third-order valence-electron chi connectivity index (χ3n) is 2.42. The van der Waals surface area contributed by atoms with E-state index in [1.54, 1.807) is 24.5 Å². The van der Waals surface area contributed by atoms with E-state index in [0.717, 1.165) is 16.9 Å². The zero-order valence-electron chi connectivity index (χ0n) is 10.3. The molecule has 18 heavy (non-hydrogen) atoms. The van der Waals surface area contributed by atoms with E-state index in [4.69, 9.17) is 0 Å². The summed E-state index contributed by atoms with van der Waals surface area (Å²) in [6, 6.07) is 6.27. The van der Waals surface area contributed by atoms with Crippen LogP contribution in [-0.4, -0.2) is 14.4 Å². The smallest absolute Gasteiger partial charge is 0.155 e. The van der Waals surface area contributed by atoms with Gasteiger partial charge in [-0.1, -0.05) is 13.8 Å². The van der Waals surface area contributed by atoms with Crippen LogP contribution in [0.2, 0.25) is 0 Å². The van der Waals surface area contributed by atoms with Crippen molar-refractivity contribution in [2.75, 3.05) is 0 Å². The number of benzene rings is 1. The van der Waals surface area contributed by atoms with Gasteiger partial charge in [-0.05, 0) is 24.3 Å². The van der Waals surface area contributed by atoms with Crippen LogP contribution in [0.4, 0.5) is 4.39 Å². The molecule has 2 heterocycles. The van der Waals surface area contributed by atoms with E-state index in [-0.39, 0.29) is 5.82 Å².